The van der Waals surface area contributed by atoms with Crippen molar-refractivity contribution in [1.82, 2.24) is 8.96 Å². The van der Waals surface area contributed by atoms with E-state index < -0.39 is 16.0 Å². The molecule has 7 heteroatoms. The first-order chi connectivity index (χ1) is 15.9. The SMILES string of the molecule is CCCCc1ccc(S(=O)(=O)n2cc(CCC(=O)O)c3cc(-c4cccnc4)ccc32)cc1. The maximum Gasteiger partial charge on any atom is 0.303 e. The number of aryl methyl sites for hydroxylation is 2. The number of hydrogen-bond acceptors (Lipinski definition) is 4. The third kappa shape index (κ3) is 4.83. The Morgan fingerprint density at radius 2 is 1.82 bits per heavy atom. The van der Waals surface area contributed by atoms with Gasteiger partial charge in [0.25, 0.3) is 10.0 Å². The zero-order valence-electron chi connectivity index (χ0n) is 18.4. The van der Waals surface area contributed by atoms with Crippen LogP contribution in [-0.2, 0) is 27.7 Å². The fraction of sp³-hybridized carbons (Fsp3) is 0.231. The smallest absolute Gasteiger partial charge is 0.303 e. The van der Waals surface area contributed by atoms with Crippen LogP contribution in [0.4, 0.5) is 0 Å². The second-order valence-corrected chi connectivity index (χ2v) is 9.89. The molecule has 170 valence electrons. The summed E-state index contributed by atoms with van der Waals surface area (Å²) in [6.07, 6.45) is 8.20. The normalized spacial score (nSPS) is 11.7. The summed E-state index contributed by atoms with van der Waals surface area (Å²) in [5, 5.41) is 9.90. The monoisotopic (exact) mass is 462 g/mol. The Balaban J connectivity index is 1.80. The van der Waals surface area contributed by atoms with Crippen molar-refractivity contribution >= 4 is 26.9 Å². The highest BCUT2D eigenvalue weighted by atomic mass is 32.2. The number of carboxylic acids is 1. The number of aliphatic carboxylic acids is 1. The summed E-state index contributed by atoms with van der Waals surface area (Å²) < 4.78 is 28.3. The van der Waals surface area contributed by atoms with E-state index in [4.69, 9.17) is 0 Å². The molecule has 2 heterocycles. The van der Waals surface area contributed by atoms with E-state index in [1.165, 1.54) is 3.97 Å². The van der Waals surface area contributed by atoms with Crippen molar-refractivity contribution in [3.8, 4) is 11.1 Å². The first-order valence-electron chi connectivity index (χ1n) is 11.0. The second-order valence-electron chi connectivity index (χ2n) is 8.07. The molecule has 0 radical (unpaired) electrons. The molecule has 0 aliphatic carbocycles. The van der Waals surface area contributed by atoms with Crippen molar-refractivity contribution in [3.63, 3.8) is 0 Å². The Kier molecular flexibility index (Phi) is 6.60. The first kappa shape index (κ1) is 22.7. The molecule has 0 bridgehead atoms. The lowest BCUT2D eigenvalue weighted by molar-refractivity contribution is -0.136. The maximum absolute atomic E-state index is 13.5. The summed E-state index contributed by atoms with van der Waals surface area (Å²) in [5.74, 6) is -0.926. The minimum atomic E-state index is -3.84. The summed E-state index contributed by atoms with van der Waals surface area (Å²) in [7, 11) is -3.84. The van der Waals surface area contributed by atoms with Gasteiger partial charge >= 0.3 is 5.97 Å². The number of hydrogen-bond donors (Lipinski definition) is 1. The molecule has 4 aromatic rings. The highest BCUT2D eigenvalue weighted by molar-refractivity contribution is 7.90. The number of carbonyl (C=O) groups is 1. The van der Waals surface area contributed by atoms with Crippen molar-refractivity contribution in [1.29, 1.82) is 0 Å². The topological polar surface area (TPSA) is 89.3 Å². The number of fused-ring (bicyclic) bond motifs is 1. The average molecular weight is 463 g/mol. The van der Waals surface area contributed by atoms with E-state index >= 15 is 0 Å². The van der Waals surface area contributed by atoms with Gasteiger partial charge in [0.05, 0.1) is 10.4 Å². The van der Waals surface area contributed by atoms with Crippen LogP contribution in [0.25, 0.3) is 22.0 Å². The van der Waals surface area contributed by atoms with E-state index in [0.29, 0.717) is 11.1 Å². The van der Waals surface area contributed by atoms with Crippen molar-refractivity contribution in [3.05, 3.63) is 84.3 Å². The lowest BCUT2D eigenvalue weighted by Gasteiger charge is -2.09. The van der Waals surface area contributed by atoms with Gasteiger partial charge in [-0.2, -0.15) is 0 Å². The standard InChI is InChI=1S/C26H26N2O4S/c1-2-3-5-19-7-11-23(12-8-19)33(31,32)28-18-22(10-14-26(29)30)24-16-20(9-13-25(24)28)21-6-4-15-27-17-21/h4,6-9,11-13,15-18H,2-3,5,10,14H2,1H3,(H,29,30). The average Bonchev–Trinajstić information content (AvgIpc) is 3.21. The van der Waals surface area contributed by atoms with Crippen LogP contribution in [0.1, 0.15) is 37.3 Å². The van der Waals surface area contributed by atoms with Crippen LogP contribution < -0.4 is 0 Å². The second kappa shape index (κ2) is 9.58. The summed E-state index contributed by atoms with van der Waals surface area (Å²) >= 11 is 0. The van der Waals surface area contributed by atoms with Gasteiger partial charge < -0.3 is 5.11 Å². The number of benzene rings is 2. The molecule has 0 aliphatic rings. The predicted octanol–water partition coefficient (Wildman–Crippen LogP) is 5.30. The third-order valence-electron chi connectivity index (χ3n) is 5.76. The van der Waals surface area contributed by atoms with Gasteiger partial charge in [-0.1, -0.05) is 37.6 Å². The molecule has 0 saturated carbocycles. The summed E-state index contributed by atoms with van der Waals surface area (Å²) in [6.45, 7) is 2.12. The summed E-state index contributed by atoms with van der Waals surface area (Å²) in [6, 6.07) is 16.3. The minimum absolute atomic E-state index is 0.0809. The molecule has 2 aromatic carbocycles. The molecule has 4 rings (SSSR count). The van der Waals surface area contributed by atoms with E-state index in [2.05, 4.69) is 11.9 Å². The molecule has 0 saturated heterocycles. The van der Waals surface area contributed by atoms with Crippen LogP contribution in [0.3, 0.4) is 0 Å². The molecule has 0 atom stereocenters. The van der Waals surface area contributed by atoms with Crippen molar-refractivity contribution in [2.45, 2.75) is 43.9 Å². The van der Waals surface area contributed by atoms with E-state index in [9.17, 15) is 18.3 Å². The number of aromatic nitrogens is 2. The number of rotatable bonds is 9. The fourth-order valence-electron chi connectivity index (χ4n) is 3.94. The molecule has 0 amide bonds. The summed E-state index contributed by atoms with van der Waals surface area (Å²) in [5.41, 5.74) is 4.11. The van der Waals surface area contributed by atoms with Crippen LogP contribution >= 0.6 is 0 Å². The molecule has 0 spiro atoms. The fourth-order valence-corrected chi connectivity index (χ4v) is 5.33. The Morgan fingerprint density at radius 3 is 2.48 bits per heavy atom. The van der Waals surface area contributed by atoms with Gasteiger partial charge in [0.2, 0.25) is 0 Å². The van der Waals surface area contributed by atoms with Crippen LogP contribution in [0.5, 0.6) is 0 Å². The predicted molar refractivity (Wildman–Crippen MR) is 129 cm³/mol. The molecule has 1 N–H and O–H groups in total. The van der Waals surface area contributed by atoms with E-state index in [-0.39, 0.29) is 17.7 Å². The van der Waals surface area contributed by atoms with Crippen LogP contribution in [0, 0.1) is 0 Å². The Bertz CT molecular complexity index is 1380. The number of carboxylic acid groups (broad SMARTS) is 1. The molecule has 0 unspecified atom stereocenters. The Hall–Kier alpha value is -3.45. The molecule has 2 aromatic heterocycles. The van der Waals surface area contributed by atoms with Gasteiger partial charge in [0, 0.05) is 36.0 Å². The Labute approximate surface area is 193 Å². The van der Waals surface area contributed by atoms with Gasteiger partial charge in [-0.25, -0.2) is 12.4 Å². The molecule has 0 fully saturated rings. The van der Waals surface area contributed by atoms with Gasteiger partial charge in [-0.3, -0.25) is 9.78 Å². The van der Waals surface area contributed by atoms with Crippen molar-refractivity contribution in [2.75, 3.05) is 0 Å². The van der Waals surface area contributed by atoms with Crippen molar-refractivity contribution in [2.24, 2.45) is 0 Å². The minimum Gasteiger partial charge on any atom is -0.481 e. The Morgan fingerprint density at radius 1 is 1.03 bits per heavy atom. The quantitative estimate of drug-likeness (QED) is 0.365. The summed E-state index contributed by atoms with van der Waals surface area (Å²) in [4.78, 5) is 15.6. The maximum atomic E-state index is 13.5. The van der Waals surface area contributed by atoms with Crippen molar-refractivity contribution < 1.29 is 18.3 Å². The molecule has 6 nitrogen and oxygen atoms in total. The molecular weight excluding hydrogens is 436 g/mol. The highest BCUT2D eigenvalue weighted by Gasteiger charge is 2.22. The number of nitrogens with zero attached hydrogens (tertiary/aromatic N) is 2. The van der Waals surface area contributed by atoms with E-state index in [1.54, 1.807) is 36.8 Å². The van der Waals surface area contributed by atoms with Crippen LogP contribution in [-0.4, -0.2) is 28.5 Å². The van der Waals surface area contributed by atoms with E-state index in [1.807, 2.05) is 36.4 Å². The molecule has 0 aliphatic heterocycles. The zero-order chi connectivity index (χ0) is 23.4. The lowest BCUT2D eigenvalue weighted by Crippen LogP contribution is -2.12. The number of pyridine rings is 1. The van der Waals surface area contributed by atoms with E-state index in [0.717, 1.165) is 41.3 Å². The first-order valence-corrected chi connectivity index (χ1v) is 12.4. The zero-order valence-corrected chi connectivity index (χ0v) is 19.3. The van der Waals surface area contributed by atoms with Crippen LogP contribution in [0.15, 0.2) is 78.1 Å². The molecule has 33 heavy (non-hydrogen) atoms. The van der Waals surface area contributed by atoms with Gasteiger partial charge in [0.15, 0.2) is 0 Å². The largest absolute Gasteiger partial charge is 0.481 e. The highest BCUT2D eigenvalue weighted by Crippen LogP contribution is 2.31. The van der Waals surface area contributed by atoms with Gasteiger partial charge in [0.1, 0.15) is 0 Å². The molecular formula is C26H26N2O4S. The lowest BCUT2D eigenvalue weighted by atomic mass is 10.0. The number of unbranched alkanes of at least 4 members (excludes halogenated alkanes) is 1. The van der Waals surface area contributed by atoms with Crippen LogP contribution in [0.2, 0.25) is 0 Å². The van der Waals surface area contributed by atoms with Gasteiger partial charge in [-0.15, -0.1) is 0 Å². The third-order valence-corrected chi connectivity index (χ3v) is 7.44. The van der Waals surface area contributed by atoms with Gasteiger partial charge in [-0.05, 0) is 66.3 Å².